The van der Waals surface area contributed by atoms with Gasteiger partial charge in [0.05, 0.1) is 0 Å². The molecular weight excluding hydrogens is 224 g/mol. The number of aliphatic hydroxyl groups excluding tert-OH is 2. The maximum Gasteiger partial charge on any atom is 0.300 e. The molecule has 1 aliphatic heterocycles. The predicted molar refractivity (Wildman–Crippen MR) is 50.5 cm³/mol. The van der Waals surface area contributed by atoms with Gasteiger partial charge in [-0.05, 0) is 0 Å². The average Bonchev–Trinajstić information content (AvgIpc) is 2.08. The van der Waals surface area contributed by atoms with E-state index < -0.39 is 24.5 Å². The molecule has 8 nitrogen and oxygen atoms in total. The third kappa shape index (κ3) is 23.0. The van der Waals surface area contributed by atoms with Gasteiger partial charge in [-0.15, -0.1) is 0 Å². The van der Waals surface area contributed by atoms with E-state index in [1.54, 1.807) is 0 Å². The van der Waals surface area contributed by atoms with Gasteiger partial charge in [-0.3, -0.25) is 9.59 Å². The van der Waals surface area contributed by atoms with Gasteiger partial charge in [0.15, 0.2) is 12.6 Å². The summed E-state index contributed by atoms with van der Waals surface area (Å²) in [6, 6.07) is 0. The molecule has 0 saturated carbocycles. The fourth-order valence-electron chi connectivity index (χ4n) is 0.483. The highest BCUT2D eigenvalue weighted by Crippen LogP contribution is 2.00. The summed E-state index contributed by atoms with van der Waals surface area (Å²) in [5.41, 5.74) is 0. The molecule has 0 amide bonds. The van der Waals surface area contributed by atoms with E-state index in [9.17, 15) is 0 Å². The highest BCUT2D eigenvalue weighted by molar-refractivity contribution is 5.63. The first-order valence-electron chi connectivity index (χ1n) is 4.24. The van der Waals surface area contributed by atoms with E-state index in [2.05, 4.69) is 9.47 Å². The van der Waals surface area contributed by atoms with E-state index in [4.69, 9.17) is 30.0 Å². The van der Waals surface area contributed by atoms with E-state index >= 15 is 0 Å². The van der Waals surface area contributed by atoms with Crippen LogP contribution in [-0.2, 0) is 19.1 Å². The summed E-state index contributed by atoms with van der Waals surface area (Å²) in [6.07, 6.45) is -1.73. The van der Waals surface area contributed by atoms with Crippen molar-refractivity contribution in [2.24, 2.45) is 0 Å². The first-order valence-corrected chi connectivity index (χ1v) is 4.24. The third-order valence-corrected chi connectivity index (χ3v) is 0.862. The van der Waals surface area contributed by atoms with E-state index in [0.717, 1.165) is 13.8 Å². The maximum atomic E-state index is 9.00. The van der Waals surface area contributed by atoms with Crippen molar-refractivity contribution in [3.63, 3.8) is 0 Å². The number of carboxylic acids is 2. The normalized spacial score (nSPS) is 23.0. The number of aliphatic carboxylic acids is 2. The highest BCUT2D eigenvalue weighted by Gasteiger charge is 2.16. The lowest BCUT2D eigenvalue weighted by molar-refractivity contribution is -0.263. The Labute approximate surface area is 92.0 Å². The molecule has 2 unspecified atom stereocenters. The second kappa shape index (κ2) is 10.3. The van der Waals surface area contributed by atoms with Gasteiger partial charge in [0.1, 0.15) is 13.2 Å². The number of rotatable bonds is 0. The van der Waals surface area contributed by atoms with Crippen LogP contribution >= 0.6 is 0 Å². The quantitative estimate of drug-likeness (QED) is 0.417. The van der Waals surface area contributed by atoms with Crippen LogP contribution in [0.15, 0.2) is 0 Å². The minimum atomic E-state index is -0.863. The first kappa shape index (κ1) is 17.2. The Balaban J connectivity index is 0. The van der Waals surface area contributed by atoms with Crippen LogP contribution in [0.4, 0.5) is 0 Å². The van der Waals surface area contributed by atoms with Crippen molar-refractivity contribution in [1.29, 1.82) is 0 Å². The van der Waals surface area contributed by atoms with Crippen LogP contribution in [0.3, 0.4) is 0 Å². The minimum absolute atomic E-state index is 0.0567. The van der Waals surface area contributed by atoms with Crippen molar-refractivity contribution >= 4 is 11.9 Å². The van der Waals surface area contributed by atoms with Crippen LogP contribution in [0.1, 0.15) is 13.8 Å². The monoisotopic (exact) mass is 240 g/mol. The molecule has 16 heavy (non-hydrogen) atoms. The van der Waals surface area contributed by atoms with Crippen LogP contribution in [-0.4, -0.2) is 58.2 Å². The zero-order valence-electron chi connectivity index (χ0n) is 8.99. The molecular formula is C8H16O8. The van der Waals surface area contributed by atoms with Crippen molar-refractivity contribution in [3.8, 4) is 0 Å². The molecule has 1 heterocycles. The lowest BCUT2D eigenvalue weighted by Gasteiger charge is -2.22. The molecule has 4 N–H and O–H groups in total. The van der Waals surface area contributed by atoms with Gasteiger partial charge in [0, 0.05) is 13.8 Å². The molecule has 0 bridgehead atoms. The fraction of sp³-hybridized carbons (Fsp3) is 0.750. The Morgan fingerprint density at radius 2 is 1.12 bits per heavy atom. The number of hydrogen-bond donors (Lipinski definition) is 4. The SMILES string of the molecule is CC(=O)O.CC(=O)O.OC1COC(O)CO1. The van der Waals surface area contributed by atoms with Gasteiger partial charge in [-0.25, -0.2) is 0 Å². The van der Waals surface area contributed by atoms with Gasteiger partial charge in [0.2, 0.25) is 0 Å². The van der Waals surface area contributed by atoms with Crippen molar-refractivity contribution in [1.82, 2.24) is 0 Å². The van der Waals surface area contributed by atoms with Gasteiger partial charge in [0.25, 0.3) is 11.9 Å². The van der Waals surface area contributed by atoms with Crippen molar-refractivity contribution in [2.75, 3.05) is 13.2 Å². The number of hydrogen-bond acceptors (Lipinski definition) is 6. The molecule has 0 aromatic heterocycles. The van der Waals surface area contributed by atoms with E-state index in [1.807, 2.05) is 0 Å². The van der Waals surface area contributed by atoms with E-state index in [1.165, 1.54) is 0 Å². The molecule has 0 aliphatic carbocycles. The van der Waals surface area contributed by atoms with Crippen LogP contribution < -0.4 is 0 Å². The first-order chi connectivity index (χ1) is 7.25. The third-order valence-electron chi connectivity index (χ3n) is 0.862. The van der Waals surface area contributed by atoms with E-state index in [0.29, 0.717) is 0 Å². The largest absolute Gasteiger partial charge is 0.481 e. The summed E-state index contributed by atoms with van der Waals surface area (Å²) in [6.45, 7) is 2.28. The van der Waals surface area contributed by atoms with Crippen molar-refractivity contribution < 1.29 is 39.5 Å². The van der Waals surface area contributed by atoms with Crippen molar-refractivity contribution in [2.45, 2.75) is 26.4 Å². The van der Waals surface area contributed by atoms with Gasteiger partial charge < -0.3 is 29.9 Å². The molecule has 0 spiro atoms. The second-order valence-corrected chi connectivity index (χ2v) is 2.61. The molecule has 1 fully saturated rings. The Kier molecular flexibility index (Phi) is 11.1. The summed E-state index contributed by atoms with van der Waals surface area (Å²) >= 11 is 0. The summed E-state index contributed by atoms with van der Waals surface area (Å²) in [4.78, 5) is 18.0. The number of ether oxygens (including phenoxy) is 2. The molecule has 0 aromatic carbocycles. The summed E-state index contributed by atoms with van der Waals surface area (Å²) in [5.74, 6) is -1.67. The summed E-state index contributed by atoms with van der Waals surface area (Å²) < 4.78 is 9.14. The molecule has 0 radical (unpaired) electrons. The Hall–Kier alpha value is -1.22. The van der Waals surface area contributed by atoms with Crippen LogP contribution in [0.2, 0.25) is 0 Å². The Bertz CT molecular complexity index is 166. The topological polar surface area (TPSA) is 134 Å². The van der Waals surface area contributed by atoms with Crippen LogP contribution in [0, 0.1) is 0 Å². The number of carboxylic acid groups (broad SMARTS) is 2. The number of carbonyl (C=O) groups is 2. The Morgan fingerprint density at radius 3 is 1.25 bits per heavy atom. The van der Waals surface area contributed by atoms with Crippen LogP contribution in [0.5, 0.6) is 0 Å². The average molecular weight is 240 g/mol. The van der Waals surface area contributed by atoms with Crippen molar-refractivity contribution in [3.05, 3.63) is 0 Å². The lowest BCUT2D eigenvalue weighted by atomic mass is 10.5. The molecule has 1 rings (SSSR count). The Morgan fingerprint density at radius 1 is 0.938 bits per heavy atom. The summed E-state index contributed by atoms with van der Waals surface area (Å²) in [5, 5.41) is 32.0. The minimum Gasteiger partial charge on any atom is -0.481 e. The molecule has 96 valence electrons. The van der Waals surface area contributed by atoms with Gasteiger partial charge >= 0.3 is 0 Å². The molecule has 2 atom stereocenters. The predicted octanol–water partition coefficient (Wildman–Crippen LogP) is -1.15. The zero-order valence-corrected chi connectivity index (χ0v) is 8.99. The maximum absolute atomic E-state index is 9.00. The highest BCUT2D eigenvalue weighted by atomic mass is 16.7. The summed E-state index contributed by atoms with van der Waals surface area (Å²) in [7, 11) is 0. The van der Waals surface area contributed by atoms with E-state index in [-0.39, 0.29) is 13.2 Å². The van der Waals surface area contributed by atoms with Gasteiger partial charge in [-0.1, -0.05) is 0 Å². The zero-order chi connectivity index (χ0) is 13.1. The second-order valence-electron chi connectivity index (χ2n) is 2.61. The molecule has 8 heteroatoms. The fourth-order valence-corrected chi connectivity index (χ4v) is 0.483. The molecule has 0 aromatic rings. The standard InChI is InChI=1S/C4H8O4.2C2H4O2/c5-3-1-7-4(6)2-8-3;2*1-2(3)4/h3-6H,1-2H2;2*1H3,(H,3,4). The lowest BCUT2D eigenvalue weighted by Crippen LogP contribution is -2.34. The van der Waals surface area contributed by atoms with Gasteiger partial charge in [-0.2, -0.15) is 0 Å². The number of aliphatic hydroxyl groups is 2. The van der Waals surface area contributed by atoms with Crippen LogP contribution in [0.25, 0.3) is 0 Å². The smallest absolute Gasteiger partial charge is 0.300 e. The molecule has 1 saturated heterocycles. The molecule has 1 aliphatic rings.